The van der Waals surface area contributed by atoms with Crippen LogP contribution in [-0.4, -0.2) is 47.4 Å². The molecule has 0 saturated heterocycles. The van der Waals surface area contributed by atoms with Gasteiger partial charge >= 0.3 is 5.97 Å². The molecule has 0 spiro atoms. The highest BCUT2D eigenvalue weighted by molar-refractivity contribution is 5.76. The summed E-state index contributed by atoms with van der Waals surface area (Å²) >= 11 is 0. The third-order valence-corrected chi connectivity index (χ3v) is 15.7. The van der Waals surface area contributed by atoms with Crippen molar-refractivity contribution in [1.29, 1.82) is 0 Å². The van der Waals surface area contributed by atoms with E-state index in [-0.39, 0.29) is 18.5 Å². The van der Waals surface area contributed by atoms with Crippen LogP contribution in [0.1, 0.15) is 367 Å². The Morgan fingerprint density at radius 1 is 0.373 bits per heavy atom. The first kappa shape index (κ1) is 73.1. The molecular formula is C69H131NO5. The van der Waals surface area contributed by atoms with Crippen molar-refractivity contribution in [2.24, 2.45) is 0 Å². The number of esters is 1. The number of allylic oxidation sites excluding steroid dienone is 6. The average molecular weight is 1050 g/mol. The molecule has 0 aromatic rings. The second kappa shape index (κ2) is 64.6. The number of hydrogen-bond donors (Lipinski definition) is 3. The first-order valence-corrected chi connectivity index (χ1v) is 33.7. The second-order valence-corrected chi connectivity index (χ2v) is 23.1. The third kappa shape index (κ3) is 61.2. The highest BCUT2D eigenvalue weighted by atomic mass is 16.5. The summed E-state index contributed by atoms with van der Waals surface area (Å²) in [6.07, 6.45) is 81.8. The van der Waals surface area contributed by atoms with Crippen molar-refractivity contribution in [2.75, 3.05) is 13.2 Å². The van der Waals surface area contributed by atoms with Gasteiger partial charge in [0.25, 0.3) is 0 Å². The quantitative estimate of drug-likeness (QED) is 0.0320. The number of aliphatic hydroxyl groups excluding tert-OH is 2. The zero-order chi connectivity index (χ0) is 54.3. The van der Waals surface area contributed by atoms with Crippen LogP contribution >= 0.6 is 0 Å². The first-order valence-electron chi connectivity index (χ1n) is 33.7. The molecule has 0 aliphatic rings. The van der Waals surface area contributed by atoms with Crippen LogP contribution in [-0.2, 0) is 14.3 Å². The van der Waals surface area contributed by atoms with Gasteiger partial charge in [-0.1, -0.05) is 314 Å². The number of rotatable bonds is 63. The molecule has 6 nitrogen and oxygen atoms in total. The second-order valence-electron chi connectivity index (χ2n) is 23.1. The van der Waals surface area contributed by atoms with Crippen molar-refractivity contribution in [3.05, 3.63) is 36.5 Å². The summed E-state index contributed by atoms with van der Waals surface area (Å²) in [5, 5.41) is 23.3. The fourth-order valence-electron chi connectivity index (χ4n) is 10.5. The molecule has 0 radical (unpaired) electrons. The van der Waals surface area contributed by atoms with Crippen molar-refractivity contribution in [1.82, 2.24) is 5.32 Å². The predicted molar refractivity (Wildman–Crippen MR) is 329 cm³/mol. The lowest BCUT2D eigenvalue weighted by molar-refractivity contribution is -0.143. The Morgan fingerprint density at radius 3 is 1.07 bits per heavy atom. The van der Waals surface area contributed by atoms with Crippen molar-refractivity contribution < 1.29 is 24.5 Å². The minimum atomic E-state index is -0.663. The maximum atomic E-state index is 12.5. The molecule has 0 aliphatic heterocycles. The Bertz CT molecular complexity index is 1210. The Morgan fingerprint density at radius 2 is 0.680 bits per heavy atom. The topological polar surface area (TPSA) is 95.9 Å². The number of nitrogens with one attached hydrogen (secondary N) is 1. The lowest BCUT2D eigenvalue weighted by Gasteiger charge is -2.22. The number of ether oxygens (including phenoxy) is 1. The van der Waals surface area contributed by atoms with E-state index in [0.717, 1.165) is 51.4 Å². The fraction of sp³-hybridized carbons (Fsp3) is 0.884. The standard InChI is InChI=1S/C69H131NO5/c1-3-5-7-9-11-13-15-17-37-41-45-49-53-57-61-67(72)66(65-71)70-68(73)62-58-54-50-46-42-38-35-33-31-29-27-25-23-21-19-20-22-24-26-28-30-32-34-36-40-44-48-52-56-60-64-75-69(74)63-59-55-51-47-43-39-18-16-14-12-10-8-6-4-2/h10,12,16,18,20,22,66-67,71-72H,3-9,11,13-15,17,19,21,23-65H2,1-2H3,(H,70,73)/b12-10-,18-16-,22-20-. The van der Waals surface area contributed by atoms with Crippen molar-refractivity contribution in [3.63, 3.8) is 0 Å². The molecule has 6 heteroatoms. The van der Waals surface area contributed by atoms with Gasteiger partial charge in [-0.05, 0) is 77.0 Å². The van der Waals surface area contributed by atoms with E-state index in [1.54, 1.807) is 0 Å². The van der Waals surface area contributed by atoms with Gasteiger partial charge in [0.05, 0.1) is 25.4 Å². The SMILES string of the molecule is CCCC/C=C\C/C=C\CCCCCCCC(=O)OCCCCCCCCCCCCCC/C=C\CCCCCCCCCCCCCCCCC(=O)NC(CO)C(O)CCCCCCCCCCCCCCCC. The van der Waals surface area contributed by atoms with Crippen molar-refractivity contribution in [3.8, 4) is 0 Å². The minimum absolute atomic E-state index is 0.00259. The van der Waals surface area contributed by atoms with Gasteiger partial charge in [-0.15, -0.1) is 0 Å². The summed E-state index contributed by atoms with van der Waals surface area (Å²) in [6, 6.07) is -0.540. The van der Waals surface area contributed by atoms with Gasteiger partial charge in [0.1, 0.15) is 0 Å². The summed E-state index contributed by atoms with van der Waals surface area (Å²) < 4.78 is 5.48. The van der Waals surface area contributed by atoms with E-state index in [1.807, 2.05) is 0 Å². The number of unbranched alkanes of at least 4 members (excludes halogenated alkanes) is 46. The van der Waals surface area contributed by atoms with E-state index in [2.05, 4.69) is 55.6 Å². The highest BCUT2D eigenvalue weighted by Crippen LogP contribution is 2.18. The van der Waals surface area contributed by atoms with E-state index >= 15 is 0 Å². The van der Waals surface area contributed by atoms with Crippen molar-refractivity contribution >= 4 is 11.9 Å². The highest BCUT2D eigenvalue weighted by Gasteiger charge is 2.20. The average Bonchev–Trinajstić information content (AvgIpc) is 3.41. The van der Waals surface area contributed by atoms with Crippen molar-refractivity contribution in [2.45, 2.75) is 379 Å². The number of hydrogen-bond acceptors (Lipinski definition) is 5. The summed E-state index contributed by atoms with van der Waals surface area (Å²) in [4.78, 5) is 24.5. The summed E-state index contributed by atoms with van der Waals surface area (Å²) in [5.74, 6) is -0.0291. The summed E-state index contributed by atoms with van der Waals surface area (Å²) in [7, 11) is 0. The lowest BCUT2D eigenvalue weighted by atomic mass is 10.0. The molecule has 2 atom stereocenters. The third-order valence-electron chi connectivity index (χ3n) is 15.7. The normalized spacial score (nSPS) is 12.7. The van der Waals surface area contributed by atoms with Gasteiger partial charge in [-0.3, -0.25) is 9.59 Å². The molecule has 0 aromatic heterocycles. The molecule has 1 amide bonds. The van der Waals surface area contributed by atoms with Crippen LogP contribution in [0.15, 0.2) is 36.5 Å². The van der Waals surface area contributed by atoms with Crippen LogP contribution < -0.4 is 5.32 Å². The van der Waals surface area contributed by atoms with E-state index in [9.17, 15) is 19.8 Å². The Kier molecular flexibility index (Phi) is 63.0. The fourth-order valence-corrected chi connectivity index (χ4v) is 10.5. The van der Waals surface area contributed by atoms with Crippen LogP contribution in [0.25, 0.3) is 0 Å². The molecule has 0 fully saturated rings. The molecule has 2 unspecified atom stereocenters. The zero-order valence-electron chi connectivity index (χ0n) is 50.5. The smallest absolute Gasteiger partial charge is 0.305 e. The zero-order valence-corrected chi connectivity index (χ0v) is 50.5. The molecule has 0 aromatic carbocycles. The number of aliphatic hydroxyl groups is 2. The van der Waals surface area contributed by atoms with Gasteiger partial charge in [-0.2, -0.15) is 0 Å². The van der Waals surface area contributed by atoms with Gasteiger partial charge in [0.15, 0.2) is 0 Å². The van der Waals surface area contributed by atoms with Crippen LogP contribution in [0, 0.1) is 0 Å². The lowest BCUT2D eigenvalue weighted by Crippen LogP contribution is -2.45. The van der Waals surface area contributed by atoms with E-state index < -0.39 is 12.1 Å². The Balaban J connectivity index is 3.36. The number of amides is 1. The predicted octanol–water partition coefficient (Wildman–Crippen LogP) is 21.5. The minimum Gasteiger partial charge on any atom is -0.466 e. The molecule has 0 saturated carbocycles. The van der Waals surface area contributed by atoms with Gasteiger partial charge in [-0.25, -0.2) is 0 Å². The molecule has 75 heavy (non-hydrogen) atoms. The molecule has 442 valence electrons. The molecule has 0 rings (SSSR count). The Hall–Kier alpha value is -1.92. The van der Waals surface area contributed by atoms with Crippen LogP contribution in [0.4, 0.5) is 0 Å². The summed E-state index contributed by atoms with van der Waals surface area (Å²) in [6.45, 7) is 4.93. The maximum Gasteiger partial charge on any atom is 0.305 e. The van der Waals surface area contributed by atoms with Crippen LogP contribution in [0.2, 0.25) is 0 Å². The monoisotopic (exact) mass is 1050 g/mol. The summed E-state index contributed by atoms with van der Waals surface area (Å²) in [5.41, 5.74) is 0. The van der Waals surface area contributed by atoms with E-state index in [4.69, 9.17) is 4.74 Å². The van der Waals surface area contributed by atoms with Gasteiger partial charge in [0.2, 0.25) is 5.91 Å². The number of carbonyl (C=O) groups is 2. The van der Waals surface area contributed by atoms with E-state index in [0.29, 0.717) is 25.9 Å². The van der Waals surface area contributed by atoms with Crippen LogP contribution in [0.5, 0.6) is 0 Å². The van der Waals surface area contributed by atoms with Crippen LogP contribution in [0.3, 0.4) is 0 Å². The Labute approximate surface area is 468 Å². The molecule has 0 heterocycles. The maximum absolute atomic E-state index is 12.5. The number of carbonyl (C=O) groups excluding carboxylic acids is 2. The molecule has 3 N–H and O–H groups in total. The molecule has 0 bridgehead atoms. The van der Waals surface area contributed by atoms with E-state index in [1.165, 1.54) is 283 Å². The molecular weight excluding hydrogens is 923 g/mol. The largest absolute Gasteiger partial charge is 0.466 e. The molecule has 0 aliphatic carbocycles. The van der Waals surface area contributed by atoms with Gasteiger partial charge < -0.3 is 20.3 Å². The first-order chi connectivity index (χ1) is 37.0. The van der Waals surface area contributed by atoms with Gasteiger partial charge in [0, 0.05) is 12.8 Å².